The molecule has 0 unspecified atom stereocenters. The average molecular weight is 263 g/mol. The average Bonchev–Trinajstić information content (AvgIpc) is 2.02. The second-order valence-corrected chi connectivity index (χ2v) is 3.67. The third-order valence-corrected chi connectivity index (χ3v) is 2.24. The van der Waals surface area contributed by atoms with Gasteiger partial charge in [0.05, 0.1) is 9.50 Å². The Morgan fingerprint density at radius 3 is 2.85 bits per heavy atom. The van der Waals surface area contributed by atoms with Crippen molar-refractivity contribution >= 4 is 33.2 Å². The Labute approximate surface area is 90.5 Å². The maximum Gasteiger partial charge on any atom is 0.152 e. The summed E-state index contributed by atoms with van der Waals surface area (Å²) in [6.07, 6.45) is 1.65. The minimum absolute atomic E-state index is 0.419. The zero-order chi connectivity index (χ0) is 9.84. The predicted octanol–water partition coefficient (Wildman–Crippen LogP) is 3.25. The minimum Gasteiger partial charge on any atom is -0.487 e. The Morgan fingerprint density at radius 1 is 1.62 bits per heavy atom. The van der Waals surface area contributed by atoms with Crippen molar-refractivity contribution in [1.82, 2.24) is 0 Å². The monoisotopic (exact) mass is 261 g/mol. The molecule has 0 fully saturated rings. The zero-order valence-corrected chi connectivity index (χ0v) is 9.23. The fraction of sp³-hybridized carbons (Fsp3) is 0.111. The van der Waals surface area contributed by atoms with E-state index in [0.29, 0.717) is 23.1 Å². The van der Waals surface area contributed by atoms with Gasteiger partial charge in [0.25, 0.3) is 0 Å². The normalized spacial score (nSPS) is 9.69. The van der Waals surface area contributed by atoms with Crippen molar-refractivity contribution in [2.24, 2.45) is 0 Å². The number of ether oxygens (including phenoxy) is 1. The first kappa shape index (κ1) is 10.4. The summed E-state index contributed by atoms with van der Waals surface area (Å²) in [5.74, 6) is 0.593. The van der Waals surface area contributed by atoms with Crippen LogP contribution in [-0.4, -0.2) is 6.61 Å². The van der Waals surface area contributed by atoms with Gasteiger partial charge in [0.1, 0.15) is 6.61 Å². The molecule has 0 saturated carbocycles. The van der Waals surface area contributed by atoms with Crippen LogP contribution in [0.15, 0.2) is 29.3 Å². The molecule has 0 bridgehead atoms. The van der Waals surface area contributed by atoms with Gasteiger partial charge < -0.3 is 10.5 Å². The molecule has 0 amide bonds. The molecule has 0 radical (unpaired) electrons. The second kappa shape index (κ2) is 4.53. The number of anilines is 1. The largest absolute Gasteiger partial charge is 0.487 e. The number of hydrogen-bond acceptors (Lipinski definition) is 2. The number of hydrogen-bond donors (Lipinski definition) is 1. The number of halogens is 2. The Balaban J connectivity index is 2.98. The topological polar surface area (TPSA) is 35.2 Å². The summed E-state index contributed by atoms with van der Waals surface area (Å²) in [4.78, 5) is 0. The van der Waals surface area contributed by atoms with Gasteiger partial charge in [-0.3, -0.25) is 0 Å². The van der Waals surface area contributed by atoms with E-state index in [1.165, 1.54) is 0 Å². The molecule has 13 heavy (non-hydrogen) atoms. The van der Waals surface area contributed by atoms with Crippen LogP contribution in [0.4, 0.5) is 5.69 Å². The lowest BCUT2D eigenvalue weighted by molar-refractivity contribution is 0.361. The molecule has 0 aliphatic rings. The van der Waals surface area contributed by atoms with Crippen LogP contribution < -0.4 is 10.5 Å². The molecule has 4 heteroatoms. The lowest BCUT2D eigenvalue weighted by Gasteiger charge is -2.08. The standard InChI is InChI=1S/C9H9BrClNO/c1-2-3-13-9-7(10)4-6(12)5-8(9)11/h2,4-5H,1,3,12H2. The van der Waals surface area contributed by atoms with Gasteiger partial charge in [-0.15, -0.1) is 0 Å². The maximum atomic E-state index is 5.90. The molecule has 2 nitrogen and oxygen atoms in total. The molecular formula is C9H9BrClNO. The summed E-state index contributed by atoms with van der Waals surface area (Å²) in [5.41, 5.74) is 6.17. The molecule has 70 valence electrons. The molecule has 0 spiro atoms. The van der Waals surface area contributed by atoms with Crippen LogP contribution in [0, 0.1) is 0 Å². The van der Waals surface area contributed by atoms with Crippen LogP contribution in [0.1, 0.15) is 0 Å². The van der Waals surface area contributed by atoms with Crippen molar-refractivity contribution in [3.05, 3.63) is 34.3 Å². The van der Waals surface area contributed by atoms with E-state index < -0.39 is 0 Å². The summed E-state index contributed by atoms with van der Waals surface area (Å²) in [6.45, 7) is 3.96. The van der Waals surface area contributed by atoms with E-state index in [0.717, 1.165) is 4.47 Å². The van der Waals surface area contributed by atoms with E-state index in [2.05, 4.69) is 22.5 Å². The van der Waals surface area contributed by atoms with Crippen LogP contribution >= 0.6 is 27.5 Å². The van der Waals surface area contributed by atoms with Gasteiger partial charge in [-0.2, -0.15) is 0 Å². The van der Waals surface area contributed by atoms with Crippen LogP contribution in [0.2, 0.25) is 5.02 Å². The molecular weight excluding hydrogens is 253 g/mol. The molecule has 0 aliphatic carbocycles. The quantitative estimate of drug-likeness (QED) is 0.670. The molecule has 0 aromatic heterocycles. The van der Waals surface area contributed by atoms with E-state index in [-0.39, 0.29) is 0 Å². The summed E-state index contributed by atoms with van der Waals surface area (Å²) >= 11 is 9.21. The van der Waals surface area contributed by atoms with Gasteiger partial charge in [0.15, 0.2) is 5.75 Å². The molecule has 2 N–H and O–H groups in total. The SMILES string of the molecule is C=CCOc1c(Cl)cc(N)cc1Br. The highest BCUT2D eigenvalue weighted by molar-refractivity contribution is 9.10. The first-order valence-electron chi connectivity index (χ1n) is 3.63. The first-order chi connectivity index (χ1) is 6.15. The van der Waals surface area contributed by atoms with Gasteiger partial charge >= 0.3 is 0 Å². The predicted molar refractivity (Wildman–Crippen MR) is 59.3 cm³/mol. The third-order valence-electron chi connectivity index (χ3n) is 1.37. The molecule has 1 aromatic carbocycles. The van der Waals surface area contributed by atoms with Crippen molar-refractivity contribution in [3.63, 3.8) is 0 Å². The fourth-order valence-electron chi connectivity index (χ4n) is 0.860. The zero-order valence-electron chi connectivity index (χ0n) is 6.89. The first-order valence-corrected chi connectivity index (χ1v) is 4.80. The third kappa shape index (κ3) is 2.64. The second-order valence-electron chi connectivity index (χ2n) is 2.41. The fourth-order valence-corrected chi connectivity index (χ4v) is 1.85. The van der Waals surface area contributed by atoms with E-state index in [9.17, 15) is 0 Å². The van der Waals surface area contributed by atoms with Gasteiger partial charge in [-0.05, 0) is 28.1 Å². The molecule has 1 rings (SSSR count). The van der Waals surface area contributed by atoms with Gasteiger partial charge in [-0.1, -0.05) is 24.3 Å². The molecule has 0 saturated heterocycles. The summed E-state index contributed by atoms with van der Waals surface area (Å²) in [6, 6.07) is 3.38. The molecule has 0 heterocycles. The highest BCUT2D eigenvalue weighted by Crippen LogP contribution is 2.35. The Hall–Kier alpha value is -0.670. The Morgan fingerprint density at radius 2 is 2.31 bits per heavy atom. The highest BCUT2D eigenvalue weighted by Gasteiger charge is 2.06. The van der Waals surface area contributed by atoms with E-state index in [4.69, 9.17) is 22.1 Å². The lowest BCUT2D eigenvalue weighted by atomic mass is 10.3. The highest BCUT2D eigenvalue weighted by atomic mass is 79.9. The lowest BCUT2D eigenvalue weighted by Crippen LogP contribution is -1.95. The smallest absolute Gasteiger partial charge is 0.152 e. The molecule has 0 aliphatic heterocycles. The number of nitrogen functional groups attached to an aromatic ring is 1. The number of benzene rings is 1. The Kier molecular flexibility index (Phi) is 3.63. The molecule has 1 aromatic rings. The van der Waals surface area contributed by atoms with Crippen molar-refractivity contribution in [1.29, 1.82) is 0 Å². The van der Waals surface area contributed by atoms with Gasteiger partial charge in [0, 0.05) is 5.69 Å². The Bertz CT molecular complexity index is 304. The van der Waals surface area contributed by atoms with Crippen LogP contribution in [0.25, 0.3) is 0 Å². The summed E-state index contributed by atoms with van der Waals surface area (Å²) < 4.78 is 6.07. The van der Waals surface area contributed by atoms with E-state index in [1.807, 2.05) is 0 Å². The van der Waals surface area contributed by atoms with Crippen molar-refractivity contribution < 1.29 is 4.74 Å². The summed E-state index contributed by atoms with van der Waals surface area (Å²) in [7, 11) is 0. The summed E-state index contributed by atoms with van der Waals surface area (Å²) in [5, 5.41) is 0.494. The number of rotatable bonds is 3. The number of nitrogens with two attached hydrogens (primary N) is 1. The molecule has 0 atom stereocenters. The van der Waals surface area contributed by atoms with E-state index >= 15 is 0 Å². The van der Waals surface area contributed by atoms with Crippen LogP contribution in [-0.2, 0) is 0 Å². The maximum absolute atomic E-state index is 5.90. The van der Waals surface area contributed by atoms with Crippen molar-refractivity contribution in [2.45, 2.75) is 0 Å². The van der Waals surface area contributed by atoms with Crippen molar-refractivity contribution in [3.8, 4) is 5.75 Å². The van der Waals surface area contributed by atoms with Crippen molar-refractivity contribution in [2.75, 3.05) is 12.3 Å². The van der Waals surface area contributed by atoms with Gasteiger partial charge in [0.2, 0.25) is 0 Å². The van der Waals surface area contributed by atoms with Crippen LogP contribution in [0.5, 0.6) is 5.75 Å². The van der Waals surface area contributed by atoms with Crippen LogP contribution in [0.3, 0.4) is 0 Å². The minimum atomic E-state index is 0.419. The van der Waals surface area contributed by atoms with E-state index in [1.54, 1.807) is 18.2 Å². The van der Waals surface area contributed by atoms with Gasteiger partial charge in [-0.25, -0.2) is 0 Å².